The number of nitrogens with zero attached hydrogens (tertiary/aromatic N) is 3. The van der Waals surface area contributed by atoms with Crippen LogP contribution in [0.3, 0.4) is 0 Å². The van der Waals surface area contributed by atoms with Crippen LogP contribution < -0.4 is 25.1 Å². The average Bonchev–Trinajstić information content (AvgIpc) is 2.92. The zero-order valence-electron chi connectivity index (χ0n) is 14.8. The molecule has 0 bridgehead atoms. The molecule has 0 saturated carbocycles. The van der Waals surface area contributed by atoms with Crippen molar-refractivity contribution in [3.63, 3.8) is 0 Å². The molecule has 0 unspecified atom stereocenters. The van der Waals surface area contributed by atoms with Crippen LogP contribution in [-0.2, 0) is 0 Å². The third-order valence-electron chi connectivity index (χ3n) is 3.78. The highest BCUT2D eigenvalue weighted by Crippen LogP contribution is 2.28. The van der Waals surface area contributed by atoms with Crippen LogP contribution in [0.5, 0.6) is 11.5 Å². The van der Waals surface area contributed by atoms with Gasteiger partial charge in [0.25, 0.3) is 11.1 Å². The van der Waals surface area contributed by atoms with E-state index in [-0.39, 0.29) is 16.2 Å². The smallest absolute Gasteiger partial charge is 0.295 e. The van der Waals surface area contributed by atoms with Gasteiger partial charge in [-0.05, 0) is 37.1 Å². The number of unbranched alkanes of at least 4 members (excludes halogenated alkanes) is 1. The number of aromatic nitrogens is 3. The lowest BCUT2D eigenvalue weighted by Gasteiger charge is -2.10. The Bertz CT molecular complexity index is 1100. The summed E-state index contributed by atoms with van der Waals surface area (Å²) < 4.78 is 12.7. The maximum absolute atomic E-state index is 12.5. The first-order chi connectivity index (χ1) is 12.5. The number of hydrogen-bond acceptors (Lipinski definition) is 7. The Hall–Kier alpha value is -2.74. The largest absolute Gasteiger partial charge is 0.493 e. The summed E-state index contributed by atoms with van der Waals surface area (Å²) in [5.74, 6) is 1.27. The molecule has 0 aliphatic heterocycles. The summed E-state index contributed by atoms with van der Waals surface area (Å²) in [5, 5.41) is 4.00. The van der Waals surface area contributed by atoms with Gasteiger partial charge in [0.1, 0.15) is 5.69 Å². The van der Waals surface area contributed by atoms with Crippen LogP contribution >= 0.6 is 11.3 Å². The van der Waals surface area contributed by atoms with E-state index in [1.165, 1.54) is 6.92 Å². The summed E-state index contributed by atoms with van der Waals surface area (Å²) in [7, 11) is 1.58. The van der Waals surface area contributed by atoms with Gasteiger partial charge in [0, 0.05) is 0 Å². The monoisotopic (exact) mass is 373 g/mol. The summed E-state index contributed by atoms with van der Waals surface area (Å²) in [6, 6.07) is 5.48. The van der Waals surface area contributed by atoms with Crippen LogP contribution in [0.25, 0.3) is 11.0 Å². The molecule has 1 aromatic carbocycles. The van der Waals surface area contributed by atoms with Gasteiger partial charge in [-0.15, -0.1) is 0 Å². The molecule has 2 aromatic heterocycles. The maximum Gasteiger partial charge on any atom is 0.295 e. The van der Waals surface area contributed by atoms with E-state index in [0.29, 0.717) is 22.6 Å². The second kappa shape index (κ2) is 7.65. The van der Waals surface area contributed by atoms with Crippen LogP contribution in [0.4, 0.5) is 0 Å². The maximum atomic E-state index is 12.5. The Labute approximate surface area is 153 Å². The zero-order valence-corrected chi connectivity index (χ0v) is 15.6. The summed E-state index contributed by atoms with van der Waals surface area (Å²) in [6.45, 7) is 4.26. The Morgan fingerprint density at radius 2 is 2.08 bits per heavy atom. The molecular weight excluding hydrogens is 354 g/mol. The third-order valence-corrected chi connectivity index (χ3v) is 4.74. The molecule has 136 valence electrons. The molecule has 0 spiro atoms. The zero-order chi connectivity index (χ0) is 18.7. The van der Waals surface area contributed by atoms with Gasteiger partial charge in [-0.3, -0.25) is 9.59 Å². The molecule has 2 heterocycles. The van der Waals surface area contributed by atoms with Crippen LogP contribution in [0, 0.1) is 6.92 Å². The minimum Gasteiger partial charge on any atom is -0.493 e. The molecule has 3 rings (SSSR count). The van der Waals surface area contributed by atoms with Gasteiger partial charge >= 0.3 is 0 Å². The highest BCUT2D eigenvalue weighted by atomic mass is 32.1. The normalized spacial score (nSPS) is 11.9. The number of ether oxygens (including phenoxy) is 2. The Kier molecular flexibility index (Phi) is 5.32. The highest BCUT2D eigenvalue weighted by molar-refractivity contribution is 7.15. The van der Waals surface area contributed by atoms with Crippen molar-refractivity contribution in [3.8, 4) is 11.5 Å². The Morgan fingerprint density at radius 1 is 1.27 bits per heavy atom. The fraction of sp³-hybridized carbons (Fsp3) is 0.333. The lowest BCUT2D eigenvalue weighted by atomic mass is 10.2. The molecule has 0 saturated heterocycles. The van der Waals surface area contributed by atoms with Gasteiger partial charge < -0.3 is 9.47 Å². The van der Waals surface area contributed by atoms with Crippen molar-refractivity contribution >= 4 is 22.4 Å². The second-order valence-corrected chi connectivity index (χ2v) is 6.73. The minimum absolute atomic E-state index is 0.194. The van der Waals surface area contributed by atoms with E-state index >= 15 is 0 Å². The minimum atomic E-state index is -0.423. The summed E-state index contributed by atoms with van der Waals surface area (Å²) in [5.41, 5.74) is 0.253. The number of fused-ring (bicyclic) bond motifs is 1. The topological polar surface area (TPSA) is 82.8 Å². The lowest BCUT2D eigenvalue weighted by Crippen LogP contribution is -2.27. The van der Waals surface area contributed by atoms with Gasteiger partial charge in [0.2, 0.25) is 4.96 Å². The molecule has 26 heavy (non-hydrogen) atoms. The number of methoxy groups -OCH3 is 1. The van der Waals surface area contributed by atoms with E-state index in [1.54, 1.807) is 19.3 Å². The molecule has 0 amide bonds. The predicted molar refractivity (Wildman–Crippen MR) is 100 cm³/mol. The average molecular weight is 373 g/mol. The number of thiazole rings is 1. The number of rotatable bonds is 6. The number of aryl methyl sites for hydroxylation is 1. The van der Waals surface area contributed by atoms with Crippen molar-refractivity contribution in [2.45, 2.75) is 26.7 Å². The van der Waals surface area contributed by atoms with Crippen molar-refractivity contribution in [2.24, 2.45) is 0 Å². The van der Waals surface area contributed by atoms with E-state index in [2.05, 4.69) is 17.0 Å². The summed E-state index contributed by atoms with van der Waals surface area (Å²) in [4.78, 5) is 28.3. The van der Waals surface area contributed by atoms with E-state index in [9.17, 15) is 9.59 Å². The van der Waals surface area contributed by atoms with Gasteiger partial charge in [-0.25, -0.2) is 0 Å². The first-order valence-corrected chi connectivity index (χ1v) is 9.08. The summed E-state index contributed by atoms with van der Waals surface area (Å²) >= 11 is 1.13. The Morgan fingerprint density at radius 3 is 2.81 bits per heavy atom. The van der Waals surface area contributed by atoms with Crippen molar-refractivity contribution in [3.05, 3.63) is 54.7 Å². The molecular formula is C18H19N3O4S. The lowest BCUT2D eigenvalue weighted by molar-refractivity contribution is 0.288. The molecule has 0 N–H and O–H groups in total. The van der Waals surface area contributed by atoms with Gasteiger partial charge in [-0.1, -0.05) is 30.7 Å². The highest BCUT2D eigenvalue weighted by Gasteiger charge is 2.09. The van der Waals surface area contributed by atoms with E-state index < -0.39 is 5.56 Å². The molecule has 7 nitrogen and oxygen atoms in total. The first kappa shape index (κ1) is 18.1. The number of hydrogen-bond donors (Lipinski definition) is 0. The second-order valence-electron chi connectivity index (χ2n) is 5.72. The standard InChI is InChI=1S/C18H19N3O4S/c1-4-5-8-25-13-7-6-12(9-14(13)24-3)10-15-17(23)21-18(26-15)19-16(22)11(2)20-21/h6-7,9-10H,4-5,8H2,1-3H3/b15-10+. The van der Waals surface area contributed by atoms with E-state index in [0.717, 1.165) is 34.3 Å². The molecule has 3 aromatic rings. The Balaban J connectivity index is 2.02. The van der Waals surface area contributed by atoms with E-state index in [1.807, 2.05) is 12.1 Å². The van der Waals surface area contributed by atoms with Crippen molar-refractivity contribution < 1.29 is 9.47 Å². The van der Waals surface area contributed by atoms with Crippen LogP contribution in [-0.4, -0.2) is 28.3 Å². The number of benzene rings is 1. The molecule has 8 heteroatoms. The fourth-order valence-electron chi connectivity index (χ4n) is 2.36. The van der Waals surface area contributed by atoms with Crippen molar-refractivity contribution in [2.75, 3.05) is 13.7 Å². The van der Waals surface area contributed by atoms with Gasteiger partial charge in [-0.2, -0.15) is 14.6 Å². The fourth-order valence-corrected chi connectivity index (χ4v) is 3.26. The quantitative estimate of drug-likeness (QED) is 0.610. The predicted octanol–water partition coefficient (Wildman–Crippen LogP) is 1.55. The van der Waals surface area contributed by atoms with Gasteiger partial charge in [0.05, 0.1) is 18.2 Å². The van der Waals surface area contributed by atoms with Crippen LogP contribution in [0.1, 0.15) is 31.0 Å². The molecule has 0 atom stereocenters. The third kappa shape index (κ3) is 3.60. The van der Waals surface area contributed by atoms with Crippen molar-refractivity contribution in [1.82, 2.24) is 14.6 Å². The van der Waals surface area contributed by atoms with Crippen molar-refractivity contribution in [1.29, 1.82) is 0 Å². The van der Waals surface area contributed by atoms with Gasteiger partial charge in [0.15, 0.2) is 11.5 Å². The SMILES string of the molecule is CCCCOc1ccc(/C=c2/sc3nc(=O)c(C)nn3c2=O)cc1OC. The van der Waals surface area contributed by atoms with Crippen LogP contribution in [0.2, 0.25) is 0 Å². The molecule has 0 aliphatic rings. The van der Waals surface area contributed by atoms with E-state index in [4.69, 9.17) is 9.47 Å². The molecule has 0 radical (unpaired) electrons. The van der Waals surface area contributed by atoms with Crippen LogP contribution in [0.15, 0.2) is 27.8 Å². The first-order valence-electron chi connectivity index (χ1n) is 8.26. The molecule has 0 fully saturated rings. The molecule has 0 aliphatic carbocycles. The summed E-state index contributed by atoms with van der Waals surface area (Å²) in [6.07, 6.45) is 3.74.